The van der Waals surface area contributed by atoms with Gasteiger partial charge < -0.3 is 8.83 Å². The van der Waals surface area contributed by atoms with E-state index in [2.05, 4.69) is 115 Å². The van der Waals surface area contributed by atoms with Crippen molar-refractivity contribution in [2.24, 2.45) is 0 Å². The smallest absolute Gasteiger partial charge is 0.164 e. The lowest BCUT2D eigenvalue weighted by molar-refractivity contribution is 0.668. The molecule has 0 radical (unpaired) electrons. The van der Waals surface area contributed by atoms with Gasteiger partial charge in [0, 0.05) is 38.2 Å². The fourth-order valence-electron chi connectivity index (χ4n) is 7.61. The number of furan rings is 2. The van der Waals surface area contributed by atoms with E-state index in [9.17, 15) is 0 Å². The van der Waals surface area contributed by atoms with Crippen LogP contribution in [-0.4, -0.2) is 15.0 Å². The Morgan fingerprint density at radius 1 is 0.308 bits per heavy atom. The van der Waals surface area contributed by atoms with Crippen molar-refractivity contribution in [3.63, 3.8) is 0 Å². The van der Waals surface area contributed by atoms with Gasteiger partial charge in [0.05, 0.1) is 0 Å². The highest BCUT2D eigenvalue weighted by Gasteiger charge is 2.18. The Bertz CT molecular complexity index is 3210. The Morgan fingerprint density at radius 3 is 1.40 bits per heavy atom. The van der Waals surface area contributed by atoms with Crippen LogP contribution in [0.15, 0.2) is 173 Å². The molecule has 242 valence electrons. The molecule has 0 atom stereocenters. The van der Waals surface area contributed by atoms with Crippen molar-refractivity contribution in [1.82, 2.24) is 15.0 Å². The van der Waals surface area contributed by atoms with Crippen LogP contribution in [-0.2, 0) is 0 Å². The second-order valence-electron chi connectivity index (χ2n) is 13.2. The zero-order valence-electron chi connectivity index (χ0n) is 27.7. The summed E-state index contributed by atoms with van der Waals surface area (Å²) in [5.74, 6) is 1.83. The molecule has 3 heterocycles. The molecule has 3 aromatic heterocycles. The van der Waals surface area contributed by atoms with Crippen LogP contribution in [0.5, 0.6) is 0 Å². The van der Waals surface area contributed by atoms with Gasteiger partial charge in [-0.2, -0.15) is 0 Å². The van der Waals surface area contributed by atoms with E-state index in [0.29, 0.717) is 17.5 Å². The van der Waals surface area contributed by atoms with E-state index >= 15 is 0 Å². The molecular formula is C47H27N3O2. The highest BCUT2D eigenvalue weighted by atomic mass is 16.3. The van der Waals surface area contributed by atoms with E-state index in [4.69, 9.17) is 23.8 Å². The Kier molecular flexibility index (Phi) is 6.18. The molecule has 5 heteroatoms. The lowest BCUT2D eigenvalue weighted by atomic mass is 9.96. The fourth-order valence-corrected chi connectivity index (χ4v) is 7.61. The first-order valence-corrected chi connectivity index (χ1v) is 17.3. The number of aromatic nitrogens is 3. The average molecular weight is 666 g/mol. The maximum Gasteiger partial charge on any atom is 0.164 e. The molecule has 0 saturated heterocycles. The summed E-state index contributed by atoms with van der Waals surface area (Å²) in [6.45, 7) is 0. The van der Waals surface area contributed by atoms with Crippen molar-refractivity contribution in [1.29, 1.82) is 0 Å². The zero-order valence-corrected chi connectivity index (χ0v) is 27.7. The summed E-state index contributed by atoms with van der Waals surface area (Å²) in [7, 11) is 0. The molecule has 8 aromatic carbocycles. The van der Waals surface area contributed by atoms with E-state index in [1.807, 2.05) is 48.5 Å². The number of hydrogen-bond donors (Lipinski definition) is 0. The molecule has 11 aromatic rings. The first-order chi connectivity index (χ1) is 25.7. The van der Waals surface area contributed by atoms with E-state index in [1.54, 1.807) is 0 Å². The van der Waals surface area contributed by atoms with Crippen molar-refractivity contribution in [2.75, 3.05) is 0 Å². The standard InChI is InChI=1S/C47H27N3O2/c1-2-10-29-26-33(23-19-28(29)9-1)45-48-46(50-47(49-45)38-14-8-18-42-44(38)37-12-4-6-16-40(37)52-42)34-24-21-30-25-32(22-20-31(30)27-34)35-13-7-17-41-43(35)36-11-3-5-15-39(36)51-41/h1-27H. The fraction of sp³-hybridized carbons (Fsp3) is 0. The van der Waals surface area contributed by atoms with Crippen LogP contribution in [0.4, 0.5) is 0 Å². The van der Waals surface area contributed by atoms with Crippen molar-refractivity contribution < 1.29 is 8.83 Å². The molecule has 0 saturated carbocycles. The highest BCUT2D eigenvalue weighted by Crippen LogP contribution is 2.39. The molecule has 11 rings (SSSR count). The number of fused-ring (bicyclic) bond motifs is 8. The Labute approximate surface area is 297 Å². The Morgan fingerprint density at radius 2 is 0.750 bits per heavy atom. The number of hydrogen-bond acceptors (Lipinski definition) is 5. The minimum absolute atomic E-state index is 0.598. The van der Waals surface area contributed by atoms with Crippen LogP contribution < -0.4 is 0 Å². The Hall–Kier alpha value is -7.11. The van der Waals surface area contributed by atoms with Gasteiger partial charge in [-0.1, -0.05) is 121 Å². The molecule has 0 fully saturated rings. The summed E-state index contributed by atoms with van der Waals surface area (Å²) < 4.78 is 12.4. The quantitative estimate of drug-likeness (QED) is 0.187. The summed E-state index contributed by atoms with van der Waals surface area (Å²) in [6.07, 6.45) is 0. The van der Waals surface area contributed by atoms with Crippen LogP contribution in [0.1, 0.15) is 0 Å². The van der Waals surface area contributed by atoms with E-state index < -0.39 is 0 Å². The third kappa shape index (κ3) is 4.53. The van der Waals surface area contributed by atoms with Crippen molar-refractivity contribution >= 4 is 65.4 Å². The molecule has 0 N–H and O–H groups in total. The van der Waals surface area contributed by atoms with Gasteiger partial charge in [0.25, 0.3) is 0 Å². The molecular weight excluding hydrogens is 639 g/mol. The van der Waals surface area contributed by atoms with Crippen LogP contribution in [0, 0.1) is 0 Å². The maximum atomic E-state index is 6.25. The van der Waals surface area contributed by atoms with E-state index in [-0.39, 0.29) is 0 Å². The van der Waals surface area contributed by atoms with Crippen LogP contribution >= 0.6 is 0 Å². The van der Waals surface area contributed by atoms with Gasteiger partial charge in [-0.05, 0) is 75.1 Å². The number of benzene rings is 8. The van der Waals surface area contributed by atoms with Gasteiger partial charge in [0.1, 0.15) is 22.3 Å². The van der Waals surface area contributed by atoms with E-state index in [1.165, 1.54) is 5.39 Å². The molecule has 0 amide bonds. The van der Waals surface area contributed by atoms with Crippen LogP contribution in [0.25, 0.3) is 111 Å². The SMILES string of the molecule is c1ccc2cc(-c3nc(-c4ccc5cc(-c6cccc7oc8ccccc8c67)ccc5c4)nc(-c4cccc5oc6ccccc6c45)n3)ccc2c1. The minimum Gasteiger partial charge on any atom is -0.456 e. The summed E-state index contributed by atoms with van der Waals surface area (Å²) in [5, 5.41) is 8.80. The van der Waals surface area contributed by atoms with Gasteiger partial charge in [-0.25, -0.2) is 15.0 Å². The third-order valence-electron chi connectivity index (χ3n) is 10.1. The van der Waals surface area contributed by atoms with Gasteiger partial charge in [-0.15, -0.1) is 0 Å². The molecule has 5 nitrogen and oxygen atoms in total. The Balaban J connectivity index is 1.08. The first kappa shape index (κ1) is 28.7. The molecule has 52 heavy (non-hydrogen) atoms. The predicted octanol–water partition coefficient (Wildman–Crippen LogP) is 12.6. The summed E-state index contributed by atoms with van der Waals surface area (Å²) in [5.41, 5.74) is 8.45. The zero-order chi connectivity index (χ0) is 34.2. The van der Waals surface area contributed by atoms with Crippen LogP contribution in [0.3, 0.4) is 0 Å². The molecule has 0 bridgehead atoms. The van der Waals surface area contributed by atoms with Gasteiger partial charge in [0.2, 0.25) is 0 Å². The van der Waals surface area contributed by atoms with E-state index in [0.717, 1.165) is 87.9 Å². The molecule has 0 aliphatic rings. The first-order valence-electron chi connectivity index (χ1n) is 17.3. The summed E-state index contributed by atoms with van der Waals surface area (Å²) in [4.78, 5) is 15.4. The monoisotopic (exact) mass is 665 g/mol. The molecule has 0 unspecified atom stereocenters. The lowest BCUT2D eigenvalue weighted by Crippen LogP contribution is -2.00. The number of nitrogens with zero attached hydrogens (tertiary/aromatic N) is 3. The van der Waals surface area contributed by atoms with Crippen LogP contribution in [0.2, 0.25) is 0 Å². The normalized spacial score (nSPS) is 11.8. The minimum atomic E-state index is 0.598. The second kappa shape index (κ2) is 11.2. The van der Waals surface area contributed by atoms with Crippen molar-refractivity contribution in [3.05, 3.63) is 164 Å². The third-order valence-corrected chi connectivity index (χ3v) is 10.1. The lowest BCUT2D eigenvalue weighted by Gasteiger charge is -2.11. The van der Waals surface area contributed by atoms with Gasteiger partial charge in [-0.3, -0.25) is 0 Å². The largest absolute Gasteiger partial charge is 0.456 e. The van der Waals surface area contributed by atoms with Gasteiger partial charge >= 0.3 is 0 Å². The second-order valence-corrected chi connectivity index (χ2v) is 13.2. The van der Waals surface area contributed by atoms with Gasteiger partial charge in [0.15, 0.2) is 17.5 Å². The van der Waals surface area contributed by atoms with Crippen molar-refractivity contribution in [3.8, 4) is 45.3 Å². The number of para-hydroxylation sites is 2. The topological polar surface area (TPSA) is 65.0 Å². The molecule has 0 aliphatic heterocycles. The summed E-state index contributed by atoms with van der Waals surface area (Å²) >= 11 is 0. The average Bonchev–Trinajstić information content (AvgIpc) is 3.79. The van der Waals surface area contributed by atoms with Crippen molar-refractivity contribution in [2.45, 2.75) is 0 Å². The molecule has 0 aliphatic carbocycles. The summed E-state index contributed by atoms with van der Waals surface area (Å²) in [6, 6.07) is 56.4. The number of rotatable bonds is 4. The molecule has 0 spiro atoms. The highest BCUT2D eigenvalue weighted by molar-refractivity contribution is 6.13. The maximum absolute atomic E-state index is 6.25. The predicted molar refractivity (Wildman–Crippen MR) is 211 cm³/mol.